The highest BCUT2D eigenvalue weighted by Gasteiger charge is 2.33. The summed E-state index contributed by atoms with van der Waals surface area (Å²) in [6.07, 6.45) is 3.28. The smallest absolute Gasteiger partial charge is 0.244 e. The summed E-state index contributed by atoms with van der Waals surface area (Å²) in [7, 11) is -3.56. The lowest BCUT2D eigenvalue weighted by molar-refractivity contribution is 0.273. The van der Waals surface area contributed by atoms with Crippen LogP contribution in [0.15, 0.2) is 41.6 Å². The Labute approximate surface area is 124 Å². The van der Waals surface area contributed by atoms with Crippen molar-refractivity contribution < 1.29 is 8.42 Å². The highest BCUT2D eigenvalue weighted by Crippen LogP contribution is 2.26. The minimum Gasteiger partial charge on any atom is -0.329 e. The first-order valence-corrected chi connectivity index (χ1v) is 8.34. The summed E-state index contributed by atoms with van der Waals surface area (Å²) < 4.78 is 27.5. The van der Waals surface area contributed by atoms with Crippen molar-refractivity contribution in [2.45, 2.75) is 10.9 Å². The van der Waals surface area contributed by atoms with E-state index in [1.165, 1.54) is 4.31 Å². The van der Waals surface area contributed by atoms with Crippen LogP contribution in [0.2, 0.25) is 0 Å². The molecule has 0 amide bonds. The molecule has 0 spiro atoms. The molecule has 1 fully saturated rings. The Morgan fingerprint density at radius 2 is 2.24 bits per heavy atom. The zero-order valence-electron chi connectivity index (χ0n) is 11.6. The Morgan fingerprint density at radius 3 is 3.05 bits per heavy atom. The molecule has 0 aliphatic carbocycles. The first-order valence-electron chi connectivity index (χ1n) is 6.90. The second kappa shape index (κ2) is 5.69. The predicted octanol–water partition coefficient (Wildman–Crippen LogP) is 0.156. The average Bonchev–Trinajstić information content (AvgIpc) is 2.54. The molecule has 21 heavy (non-hydrogen) atoms. The van der Waals surface area contributed by atoms with Crippen molar-refractivity contribution in [3.63, 3.8) is 0 Å². The molecule has 0 bridgehead atoms. The van der Waals surface area contributed by atoms with Crippen molar-refractivity contribution in [3.05, 3.63) is 36.7 Å². The standard InChI is InChI=1S/C14H18N4O2S/c15-8-12-10-17-6-7-18(12)21(19,20)14-3-1-2-11-9-16-5-4-13(11)14/h1-5,9,12,17H,6-8,10,15H2. The number of piperazine rings is 1. The maximum Gasteiger partial charge on any atom is 0.244 e. The first kappa shape index (κ1) is 14.4. The molecule has 1 aliphatic rings. The van der Waals surface area contributed by atoms with Gasteiger partial charge in [0.2, 0.25) is 10.0 Å². The third-order valence-corrected chi connectivity index (χ3v) is 5.81. The van der Waals surface area contributed by atoms with Gasteiger partial charge in [0.25, 0.3) is 0 Å². The minimum atomic E-state index is -3.56. The maximum atomic E-state index is 13.0. The second-order valence-corrected chi connectivity index (χ2v) is 6.92. The van der Waals surface area contributed by atoms with Gasteiger partial charge in [-0.05, 0) is 12.1 Å². The molecule has 1 atom stereocenters. The monoisotopic (exact) mass is 306 g/mol. The Kier molecular flexibility index (Phi) is 3.90. The van der Waals surface area contributed by atoms with E-state index in [4.69, 9.17) is 5.73 Å². The molecule has 2 heterocycles. The fraction of sp³-hybridized carbons (Fsp3) is 0.357. The first-order chi connectivity index (χ1) is 10.1. The number of aromatic nitrogens is 1. The Bertz CT molecular complexity index is 742. The van der Waals surface area contributed by atoms with Crippen LogP contribution in [0.1, 0.15) is 0 Å². The Morgan fingerprint density at radius 1 is 1.38 bits per heavy atom. The number of benzene rings is 1. The number of nitrogens with one attached hydrogen (secondary N) is 1. The summed E-state index contributed by atoms with van der Waals surface area (Å²) in [6, 6.07) is 6.78. The molecule has 1 aromatic heterocycles. The zero-order valence-corrected chi connectivity index (χ0v) is 12.4. The average molecular weight is 306 g/mol. The van der Waals surface area contributed by atoms with Crippen LogP contribution < -0.4 is 11.1 Å². The van der Waals surface area contributed by atoms with Gasteiger partial charge in [-0.2, -0.15) is 4.31 Å². The summed E-state index contributed by atoms with van der Waals surface area (Å²) >= 11 is 0. The number of nitrogens with zero attached hydrogens (tertiary/aromatic N) is 2. The normalized spacial score (nSPS) is 20.7. The van der Waals surface area contributed by atoms with Crippen LogP contribution >= 0.6 is 0 Å². The fourth-order valence-corrected chi connectivity index (χ4v) is 4.56. The number of hydrogen-bond acceptors (Lipinski definition) is 5. The summed E-state index contributed by atoms with van der Waals surface area (Å²) in [5.41, 5.74) is 5.72. The van der Waals surface area contributed by atoms with Crippen LogP contribution in [0.5, 0.6) is 0 Å². The van der Waals surface area contributed by atoms with Gasteiger partial charge in [0, 0.05) is 55.4 Å². The van der Waals surface area contributed by atoms with Crippen molar-refractivity contribution in [2.75, 3.05) is 26.2 Å². The number of hydrogen-bond donors (Lipinski definition) is 2. The van der Waals surface area contributed by atoms with Gasteiger partial charge in [0.05, 0.1) is 4.90 Å². The molecule has 7 heteroatoms. The maximum absolute atomic E-state index is 13.0. The third-order valence-electron chi connectivity index (χ3n) is 3.80. The Hall–Kier alpha value is -1.54. The highest BCUT2D eigenvalue weighted by molar-refractivity contribution is 7.89. The SMILES string of the molecule is NCC1CNCCN1S(=O)(=O)c1cccc2cnccc12. The van der Waals surface area contributed by atoms with Crippen molar-refractivity contribution in [1.29, 1.82) is 0 Å². The van der Waals surface area contributed by atoms with Crippen molar-refractivity contribution in [3.8, 4) is 0 Å². The minimum absolute atomic E-state index is 0.208. The van der Waals surface area contributed by atoms with E-state index in [9.17, 15) is 8.42 Å². The van der Waals surface area contributed by atoms with Gasteiger partial charge < -0.3 is 11.1 Å². The number of nitrogens with two attached hydrogens (primary N) is 1. The number of sulfonamides is 1. The van der Waals surface area contributed by atoms with Gasteiger partial charge in [-0.25, -0.2) is 8.42 Å². The largest absolute Gasteiger partial charge is 0.329 e. The molecular weight excluding hydrogens is 288 g/mol. The second-order valence-electron chi connectivity index (χ2n) is 5.06. The van der Waals surface area contributed by atoms with Gasteiger partial charge in [-0.3, -0.25) is 4.98 Å². The number of fused-ring (bicyclic) bond motifs is 1. The van der Waals surface area contributed by atoms with E-state index < -0.39 is 10.0 Å². The van der Waals surface area contributed by atoms with E-state index in [0.29, 0.717) is 36.5 Å². The lowest BCUT2D eigenvalue weighted by Gasteiger charge is -2.34. The van der Waals surface area contributed by atoms with Gasteiger partial charge in [0.15, 0.2) is 0 Å². The van der Waals surface area contributed by atoms with E-state index in [1.54, 1.807) is 30.6 Å². The molecule has 6 nitrogen and oxygen atoms in total. The summed E-state index contributed by atoms with van der Waals surface area (Å²) in [5.74, 6) is 0. The summed E-state index contributed by atoms with van der Waals surface area (Å²) in [4.78, 5) is 4.36. The molecule has 2 aromatic rings. The van der Waals surface area contributed by atoms with E-state index in [-0.39, 0.29) is 6.04 Å². The molecule has 1 saturated heterocycles. The van der Waals surface area contributed by atoms with E-state index in [1.807, 2.05) is 6.07 Å². The van der Waals surface area contributed by atoms with Crippen molar-refractivity contribution >= 4 is 20.8 Å². The molecule has 3 N–H and O–H groups in total. The summed E-state index contributed by atoms with van der Waals surface area (Å²) in [6.45, 7) is 1.97. The molecule has 0 saturated carbocycles. The van der Waals surface area contributed by atoms with Crippen LogP contribution in [-0.2, 0) is 10.0 Å². The lowest BCUT2D eigenvalue weighted by atomic mass is 10.2. The third kappa shape index (κ3) is 2.53. The molecular formula is C14H18N4O2S. The molecule has 1 aromatic carbocycles. The Balaban J connectivity index is 2.12. The van der Waals surface area contributed by atoms with E-state index >= 15 is 0 Å². The molecule has 3 rings (SSSR count). The topological polar surface area (TPSA) is 88.3 Å². The van der Waals surface area contributed by atoms with Crippen LogP contribution in [0, 0.1) is 0 Å². The fourth-order valence-electron chi connectivity index (χ4n) is 2.70. The summed E-state index contributed by atoms with van der Waals surface area (Å²) in [5, 5.41) is 4.69. The predicted molar refractivity (Wildman–Crippen MR) is 81.3 cm³/mol. The number of pyridine rings is 1. The molecule has 0 radical (unpaired) electrons. The van der Waals surface area contributed by atoms with Gasteiger partial charge in [-0.15, -0.1) is 0 Å². The lowest BCUT2D eigenvalue weighted by Crippen LogP contribution is -2.56. The van der Waals surface area contributed by atoms with Gasteiger partial charge in [-0.1, -0.05) is 12.1 Å². The molecule has 1 unspecified atom stereocenters. The van der Waals surface area contributed by atoms with Crippen molar-refractivity contribution in [2.24, 2.45) is 5.73 Å². The van der Waals surface area contributed by atoms with E-state index in [2.05, 4.69) is 10.3 Å². The quantitative estimate of drug-likeness (QED) is 0.843. The van der Waals surface area contributed by atoms with Crippen LogP contribution in [0.4, 0.5) is 0 Å². The highest BCUT2D eigenvalue weighted by atomic mass is 32.2. The zero-order chi connectivity index (χ0) is 14.9. The number of rotatable bonds is 3. The van der Waals surface area contributed by atoms with Crippen LogP contribution in [-0.4, -0.2) is 49.9 Å². The van der Waals surface area contributed by atoms with Gasteiger partial charge in [0.1, 0.15) is 0 Å². The van der Waals surface area contributed by atoms with Crippen LogP contribution in [0.25, 0.3) is 10.8 Å². The van der Waals surface area contributed by atoms with Gasteiger partial charge >= 0.3 is 0 Å². The molecule has 1 aliphatic heterocycles. The van der Waals surface area contributed by atoms with Crippen LogP contribution in [0.3, 0.4) is 0 Å². The van der Waals surface area contributed by atoms with E-state index in [0.717, 1.165) is 5.39 Å². The molecule has 112 valence electrons. The van der Waals surface area contributed by atoms with Crippen molar-refractivity contribution in [1.82, 2.24) is 14.6 Å².